The fourth-order valence-corrected chi connectivity index (χ4v) is 4.43. The van der Waals surface area contributed by atoms with Crippen molar-refractivity contribution in [1.82, 2.24) is 9.97 Å². The fourth-order valence-electron chi connectivity index (χ4n) is 4.43. The summed E-state index contributed by atoms with van der Waals surface area (Å²) in [5.41, 5.74) is 3.86. The number of benzene rings is 2. The van der Waals surface area contributed by atoms with Gasteiger partial charge in [0.2, 0.25) is 23.7 Å². The number of aromatic nitrogens is 3. The van der Waals surface area contributed by atoms with Gasteiger partial charge in [-0.25, -0.2) is 4.98 Å². The Kier molecular flexibility index (Phi) is 5.69. The van der Waals surface area contributed by atoms with Crippen LogP contribution in [0.15, 0.2) is 61.1 Å². The number of carbonyl (C=O) groups is 1. The molecule has 7 nitrogen and oxygen atoms in total. The van der Waals surface area contributed by atoms with Crippen molar-refractivity contribution in [1.29, 1.82) is 0 Å². The standard InChI is InChI=1S/C26H27N5O2/c1-17-6-3-4-9-22(17)33-21-8-5-7-20(14-21)30-26(32)19-10-12-31(13-11-19)25-23-18(2)15-27-24(23)28-16-29-25/h3-9,14-16,19H,10-13H2,1-2H3,(H,30,32)(H,27,28,29)/p+1. The van der Waals surface area contributed by atoms with Crippen LogP contribution < -0.4 is 19.9 Å². The summed E-state index contributed by atoms with van der Waals surface area (Å²) in [5.74, 6) is 2.62. The summed E-state index contributed by atoms with van der Waals surface area (Å²) in [6.07, 6.45) is 5.29. The van der Waals surface area contributed by atoms with E-state index in [1.54, 1.807) is 6.33 Å². The zero-order chi connectivity index (χ0) is 22.8. The number of aryl methyl sites for hydroxylation is 2. The van der Waals surface area contributed by atoms with Gasteiger partial charge in [-0.05, 0) is 56.0 Å². The molecule has 1 aliphatic rings. The van der Waals surface area contributed by atoms with Crippen molar-refractivity contribution in [3.8, 4) is 11.5 Å². The van der Waals surface area contributed by atoms with Gasteiger partial charge in [-0.1, -0.05) is 29.2 Å². The summed E-state index contributed by atoms with van der Waals surface area (Å²) < 4.78 is 6.01. The summed E-state index contributed by atoms with van der Waals surface area (Å²) >= 11 is 0. The van der Waals surface area contributed by atoms with Crippen molar-refractivity contribution in [2.45, 2.75) is 26.7 Å². The lowest BCUT2D eigenvalue weighted by atomic mass is 9.95. The minimum absolute atomic E-state index is 0.0214. The van der Waals surface area contributed by atoms with Gasteiger partial charge in [0.05, 0.1) is 13.1 Å². The van der Waals surface area contributed by atoms with Crippen LogP contribution in [-0.4, -0.2) is 29.0 Å². The first-order chi connectivity index (χ1) is 16.1. The third kappa shape index (κ3) is 4.39. The molecule has 3 N–H and O–H groups in total. The van der Waals surface area contributed by atoms with E-state index in [1.807, 2.05) is 61.7 Å². The zero-order valence-corrected chi connectivity index (χ0v) is 18.9. The lowest BCUT2D eigenvalue weighted by Crippen LogP contribution is -2.40. The van der Waals surface area contributed by atoms with E-state index < -0.39 is 0 Å². The number of rotatable bonds is 5. The number of nitrogens with one attached hydrogen (secondary N) is 3. The second-order valence-corrected chi connectivity index (χ2v) is 8.59. The number of para-hydroxylation sites is 1. The van der Waals surface area contributed by atoms with Crippen LogP contribution in [0.25, 0.3) is 11.0 Å². The highest BCUT2D eigenvalue weighted by molar-refractivity contribution is 5.93. The fraction of sp³-hybridized carbons (Fsp3) is 0.269. The van der Waals surface area contributed by atoms with E-state index >= 15 is 0 Å². The average molecular weight is 443 g/mol. The normalized spacial score (nSPS) is 14.4. The van der Waals surface area contributed by atoms with E-state index in [9.17, 15) is 4.79 Å². The van der Waals surface area contributed by atoms with E-state index in [4.69, 9.17) is 4.74 Å². The third-order valence-corrected chi connectivity index (χ3v) is 6.29. The summed E-state index contributed by atoms with van der Waals surface area (Å²) in [4.78, 5) is 26.2. The molecule has 7 heteroatoms. The molecule has 1 amide bonds. The van der Waals surface area contributed by atoms with Gasteiger partial charge in [-0.2, -0.15) is 0 Å². The number of nitrogens with zero attached hydrogens (tertiary/aromatic N) is 2. The Labute approximate surface area is 192 Å². The molecule has 0 atom stereocenters. The first-order valence-electron chi connectivity index (χ1n) is 11.3. The molecule has 0 bridgehead atoms. The van der Waals surface area contributed by atoms with Gasteiger partial charge in [-0.3, -0.25) is 9.69 Å². The molecule has 5 rings (SSSR count). The van der Waals surface area contributed by atoms with E-state index in [0.29, 0.717) is 5.75 Å². The molecule has 168 valence electrons. The SMILES string of the molecule is Cc1ccccc1Oc1cccc(NC(=O)C2CCN(c3[nH+]cnc4[nH]cc(C)c34)CC2)c1. The number of piperidine rings is 1. The zero-order valence-electron chi connectivity index (χ0n) is 18.9. The van der Waals surface area contributed by atoms with E-state index in [0.717, 1.165) is 65.3 Å². The van der Waals surface area contributed by atoms with Crippen molar-refractivity contribution in [3.63, 3.8) is 0 Å². The maximum atomic E-state index is 13.0. The molecule has 3 heterocycles. The molecule has 33 heavy (non-hydrogen) atoms. The van der Waals surface area contributed by atoms with Crippen LogP contribution in [0.2, 0.25) is 0 Å². The Morgan fingerprint density at radius 1 is 1.12 bits per heavy atom. The smallest absolute Gasteiger partial charge is 0.234 e. The third-order valence-electron chi connectivity index (χ3n) is 6.29. The Balaban J connectivity index is 1.22. The number of aromatic amines is 2. The van der Waals surface area contributed by atoms with Gasteiger partial charge in [0.15, 0.2) is 0 Å². The number of amides is 1. The molecule has 0 aliphatic carbocycles. The van der Waals surface area contributed by atoms with Gasteiger partial charge in [0.25, 0.3) is 0 Å². The summed E-state index contributed by atoms with van der Waals surface area (Å²) in [7, 11) is 0. The van der Waals surface area contributed by atoms with E-state index in [2.05, 4.69) is 32.1 Å². The molecule has 1 saturated heterocycles. The Morgan fingerprint density at radius 3 is 2.76 bits per heavy atom. The average Bonchev–Trinajstić information content (AvgIpc) is 3.22. The van der Waals surface area contributed by atoms with E-state index in [1.165, 1.54) is 0 Å². The summed E-state index contributed by atoms with van der Waals surface area (Å²) in [6, 6.07) is 15.5. The lowest BCUT2D eigenvalue weighted by molar-refractivity contribution is -0.367. The molecule has 2 aromatic heterocycles. The van der Waals surface area contributed by atoms with Crippen LogP contribution in [0, 0.1) is 19.8 Å². The highest BCUT2D eigenvalue weighted by Crippen LogP contribution is 2.29. The van der Waals surface area contributed by atoms with Crippen molar-refractivity contribution in [2.24, 2.45) is 5.92 Å². The molecule has 1 fully saturated rings. The summed E-state index contributed by atoms with van der Waals surface area (Å²) in [5, 5.41) is 4.20. The van der Waals surface area contributed by atoms with Gasteiger partial charge >= 0.3 is 0 Å². The van der Waals surface area contributed by atoms with Gasteiger partial charge in [-0.15, -0.1) is 0 Å². The predicted octanol–water partition coefficient (Wildman–Crippen LogP) is 4.64. The number of H-pyrrole nitrogens is 2. The molecule has 2 aromatic carbocycles. The van der Waals surface area contributed by atoms with Crippen LogP contribution in [0.4, 0.5) is 11.5 Å². The Hall–Kier alpha value is -3.87. The first-order valence-corrected chi connectivity index (χ1v) is 11.3. The highest BCUT2D eigenvalue weighted by Gasteiger charge is 2.30. The molecular weight excluding hydrogens is 414 g/mol. The second-order valence-electron chi connectivity index (χ2n) is 8.59. The second kappa shape index (κ2) is 8.94. The monoisotopic (exact) mass is 442 g/mol. The summed E-state index contributed by atoms with van der Waals surface area (Å²) in [6.45, 7) is 5.72. The van der Waals surface area contributed by atoms with Gasteiger partial charge in [0.1, 0.15) is 16.9 Å². The van der Waals surface area contributed by atoms with Crippen LogP contribution in [-0.2, 0) is 4.79 Å². The van der Waals surface area contributed by atoms with E-state index in [-0.39, 0.29) is 11.8 Å². The minimum atomic E-state index is -0.0214. The number of hydrogen-bond acceptors (Lipinski definition) is 4. The van der Waals surface area contributed by atoms with Crippen LogP contribution in [0.3, 0.4) is 0 Å². The van der Waals surface area contributed by atoms with Crippen LogP contribution in [0.1, 0.15) is 24.0 Å². The molecule has 0 unspecified atom stereocenters. The largest absolute Gasteiger partial charge is 0.457 e. The maximum Gasteiger partial charge on any atom is 0.234 e. The number of carbonyl (C=O) groups excluding carboxylic acids is 1. The van der Waals surface area contributed by atoms with Crippen molar-refractivity contribution in [2.75, 3.05) is 23.3 Å². The maximum absolute atomic E-state index is 13.0. The predicted molar refractivity (Wildman–Crippen MR) is 129 cm³/mol. The number of hydrogen-bond donors (Lipinski definition) is 2. The molecule has 0 radical (unpaired) electrons. The topological polar surface area (TPSA) is 84.4 Å². The van der Waals surface area contributed by atoms with Gasteiger partial charge in [0, 0.05) is 23.9 Å². The highest BCUT2D eigenvalue weighted by atomic mass is 16.5. The first kappa shape index (κ1) is 21.0. The number of anilines is 2. The molecule has 0 saturated carbocycles. The molecule has 4 aromatic rings. The van der Waals surface area contributed by atoms with Crippen molar-refractivity contribution < 1.29 is 14.5 Å². The number of fused-ring (bicyclic) bond motifs is 1. The lowest BCUT2D eigenvalue weighted by Gasteiger charge is -2.28. The number of ether oxygens (including phenoxy) is 1. The molecular formula is C26H28N5O2+. The van der Waals surface area contributed by atoms with Crippen molar-refractivity contribution >= 4 is 28.4 Å². The molecule has 1 aliphatic heterocycles. The van der Waals surface area contributed by atoms with Crippen LogP contribution >= 0.6 is 0 Å². The minimum Gasteiger partial charge on any atom is -0.457 e. The quantitative estimate of drug-likeness (QED) is 0.472. The van der Waals surface area contributed by atoms with Crippen molar-refractivity contribution in [3.05, 3.63) is 72.2 Å². The van der Waals surface area contributed by atoms with Gasteiger partial charge < -0.3 is 15.0 Å². The Morgan fingerprint density at radius 2 is 1.94 bits per heavy atom. The van der Waals surface area contributed by atoms with Crippen LogP contribution in [0.5, 0.6) is 11.5 Å². The molecule has 0 spiro atoms. The Bertz CT molecular complexity index is 1290.